The molecule has 0 unspecified atom stereocenters. The standard InChI is InChI=1S/C11H14N4.C9H12.C3H8.C2H6/c1-3-4-9-7-10(6-5-8(9)2)11(12)14-15-13;1-3-9-7-5-4-6-8(9)2;1-3-2;1-2/h3-7H,1-2H3,(H3,12,13,14);4-7H,3H2,1-2H3;3H2,1-2H3;1-2H3/b4-3-;;;. The van der Waals surface area contributed by atoms with Gasteiger partial charge in [0.15, 0.2) is 5.84 Å². The van der Waals surface area contributed by atoms with Crippen LogP contribution in [-0.4, -0.2) is 5.84 Å². The largest absolute Gasteiger partial charge is 0.305 e. The molecule has 0 saturated heterocycles. The molecule has 0 saturated carbocycles. The Labute approximate surface area is 178 Å². The summed E-state index contributed by atoms with van der Waals surface area (Å²) in [5.41, 5.74) is 5.81. The predicted molar refractivity (Wildman–Crippen MR) is 130 cm³/mol. The maximum Gasteiger partial charge on any atom is 0.176 e. The number of hydrogen-bond acceptors (Lipinski definition) is 2. The zero-order valence-electron chi connectivity index (χ0n) is 19.6. The van der Waals surface area contributed by atoms with E-state index in [1.54, 1.807) is 0 Å². The number of nitrogens with one attached hydrogen (secondary N) is 1. The SMILES string of the molecule is C/C=C\c1cc(C(=N)N=NN)ccc1C.CC.CCC.CCc1ccccc1C. The van der Waals surface area contributed by atoms with Gasteiger partial charge in [0, 0.05) is 5.56 Å². The Morgan fingerprint density at radius 2 is 1.59 bits per heavy atom. The molecule has 0 bridgehead atoms. The Balaban J connectivity index is 0. The van der Waals surface area contributed by atoms with Crippen LogP contribution in [0.25, 0.3) is 6.08 Å². The van der Waals surface area contributed by atoms with Crippen molar-refractivity contribution in [1.29, 1.82) is 5.41 Å². The van der Waals surface area contributed by atoms with Crippen LogP contribution in [0.3, 0.4) is 0 Å². The maximum atomic E-state index is 7.56. The number of amidine groups is 1. The van der Waals surface area contributed by atoms with Gasteiger partial charge in [-0.3, -0.25) is 5.41 Å². The fraction of sp³-hybridized carbons (Fsp3) is 0.400. The minimum absolute atomic E-state index is 0.0725. The van der Waals surface area contributed by atoms with Crippen LogP contribution in [0.1, 0.15) is 75.8 Å². The summed E-state index contributed by atoms with van der Waals surface area (Å²) in [5, 5.41) is 14.1. The summed E-state index contributed by atoms with van der Waals surface area (Å²) >= 11 is 0. The molecule has 2 aromatic carbocycles. The zero-order chi connectivity index (χ0) is 22.7. The summed E-state index contributed by atoms with van der Waals surface area (Å²) in [4.78, 5) is 0. The van der Waals surface area contributed by atoms with Crippen LogP contribution in [0.5, 0.6) is 0 Å². The molecular formula is C25H40N4. The molecule has 4 heteroatoms. The van der Waals surface area contributed by atoms with Crippen molar-refractivity contribution in [2.75, 3.05) is 0 Å². The Morgan fingerprint density at radius 3 is 2.03 bits per heavy atom. The van der Waals surface area contributed by atoms with Crippen molar-refractivity contribution >= 4 is 11.9 Å². The number of hydrogen-bond donors (Lipinski definition) is 2. The monoisotopic (exact) mass is 396 g/mol. The second-order valence-electron chi connectivity index (χ2n) is 6.12. The first kappa shape index (κ1) is 28.5. The number of aryl methyl sites for hydroxylation is 3. The minimum atomic E-state index is 0.0725. The molecule has 4 nitrogen and oxygen atoms in total. The predicted octanol–water partition coefficient (Wildman–Crippen LogP) is 7.68. The molecule has 0 spiro atoms. The van der Waals surface area contributed by atoms with Crippen LogP contribution < -0.4 is 5.84 Å². The van der Waals surface area contributed by atoms with Crippen molar-refractivity contribution in [3.63, 3.8) is 0 Å². The van der Waals surface area contributed by atoms with Gasteiger partial charge in [-0.2, -0.15) is 0 Å². The van der Waals surface area contributed by atoms with E-state index in [-0.39, 0.29) is 5.84 Å². The van der Waals surface area contributed by atoms with E-state index in [0.29, 0.717) is 5.56 Å². The van der Waals surface area contributed by atoms with Gasteiger partial charge in [-0.05, 0) is 55.5 Å². The van der Waals surface area contributed by atoms with Gasteiger partial charge in [0.25, 0.3) is 0 Å². The minimum Gasteiger partial charge on any atom is -0.305 e. The van der Waals surface area contributed by atoms with Crippen molar-refractivity contribution in [1.82, 2.24) is 0 Å². The summed E-state index contributed by atoms with van der Waals surface area (Å²) in [6.07, 6.45) is 6.35. The van der Waals surface area contributed by atoms with E-state index in [2.05, 4.69) is 62.3 Å². The molecule has 0 aromatic heterocycles. The third-order valence-corrected chi connectivity index (χ3v) is 3.70. The molecule has 0 aliphatic carbocycles. The highest BCUT2D eigenvalue weighted by Crippen LogP contribution is 2.13. The van der Waals surface area contributed by atoms with Gasteiger partial charge < -0.3 is 5.84 Å². The first-order chi connectivity index (χ1) is 13.9. The number of benzene rings is 2. The number of nitrogens with two attached hydrogens (primary N) is 1. The van der Waals surface area contributed by atoms with Crippen LogP contribution >= 0.6 is 0 Å². The quantitative estimate of drug-likeness (QED) is 0.180. The lowest BCUT2D eigenvalue weighted by Crippen LogP contribution is -1.96. The summed E-state index contributed by atoms with van der Waals surface area (Å²) in [5.74, 6) is 4.97. The fourth-order valence-electron chi connectivity index (χ4n) is 2.27. The van der Waals surface area contributed by atoms with E-state index in [1.165, 1.54) is 17.5 Å². The summed E-state index contributed by atoms with van der Waals surface area (Å²) in [6.45, 7) is 16.6. The van der Waals surface area contributed by atoms with Gasteiger partial charge in [0.05, 0.1) is 0 Å². The van der Waals surface area contributed by atoms with Gasteiger partial charge in [0.1, 0.15) is 0 Å². The molecule has 0 aliphatic rings. The van der Waals surface area contributed by atoms with Gasteiger partial charge in [-0.25, -0.2) is 0 Å². The normalized spacial score (nSPS) is 9.66. The lowest BCUT2D eigenvalue weighted by atomic mass is 10.0. The van der Waals surface area contributed by atoms with Crippen LogP contribution in [0.4, 0.5) is 0 Å². The summed E-state index contributed by atoms with van der Waals surface area (Å²) in [6, 6.07) is 14.2. The van der Waals surface area contributed by atoms with Crippen LogP contribution in [0.15, 0.2) is 58.9 Å². The third kappa shape index (κ3) is 12.3. The molecule has 3 N–H and O–H groups in total. The summed E-state index contributed by atoms with van der Waals surface area (Å²) in [7, 11) is 0. The van der Waals surface area contributed by atoms with E-state index >= 15 is 0 Å². The van der Waals surface area contributed by atoms with Crippen LogP contribution in [0, 0.1) is 19.3 Å². The number of rotatable bonds is 3. The van der Waals surface area contributed by atoms with Gasteiger partial charge in [-0.1, -0.05) is 94.8 Å². The molecule has 0 heterocycles. The van der Waals surface area contributed by atoms with Crippen molar-refractivity contribution in [3.05, 3.63) is 76.4 Å². The number of nitrogens with zero attached hydrogens (tertiary/aromatic N) is 2. The average molecular weight is 397 g/mol. The topological polar surface area (TPSA) is 74.6 Å². The molecule has 0 amide bonds. The smallest absolute Gasteiger partial charge is 0.176 e. The third-order valence-electron chi connectivity index (χ3n) is 3.70. The van der Waals surface area contributed by atoms with Crippen LogP contribution in [-0.2, 0) is 6.42 Å². The van der Waals surface area contributed by atoms with E-state index in [4.69, 9.17) is 11.3 Å². The first-order valence-electron chi connectivity index (χ1n) is 10.4. The Bertz CT molecular complexity index is 746. The Kier molecular flexibility index (Phi) is 18.3. The Morgan fingerprint density at radius 1 is 1.00 bits per heavy atom. The van der Waals surface area contributed by atoms with E-state index < -0.39 is 0 Å². The van der Waals surface area contributed by atoms with Gasteiger partial charge in [0.2, 0.25) is 0 Å². The fourth-order valence-corrected chi connectivity index (χ4v) is 2.27. The molecule has 2 aromatic rings. The molecule has 29 heavy (non-hydrogen) atoms. The second-order valence-corrected chi connectivity index (χ2v) is 6.12. The highest BCUT2D eigenvalue weighted by Gasteiger charge is 2.02. The van der Waals surface area contributed by atoms with Crippen molar-refractivity contribution in [3.8, 4) is 0 Å². The molecule has 0 radical (unpaired) electrons. The molecule has 0 atom stereocenters. The Hall–Kier alpha value is -2.75. The van der Waals surface area contributed by atoms with Crippen molar-refractivity contribution in [2.24, 2.45) is 16.2 Å². The van der Waals surface area contributed by atoms with E-state index in [0.717, 1.165) is 17.5 Å². The van der Waals surface area contributed by atoms with Crippen LogP contribution in [0.2, 0.25) is 0 Å². The van der Waals surface area contributed by atoms with E-state index in [1.807, 2.05) is 58.0 Å². The molecule has 2 rings (SSSR count). The van der Waals surface area contributed by atoms with Crippen molar-refractivity contribution in [2.45, 2.75) is 68.2 Å². The molecular weight excluding hydrogens is 356 g/mol. The van der Waals surface area contributed by atoms with Crippen molar-refractivity contribution < 1.29 is 0 Å². The molecule has 0 fully saturated rings. The molecule has 0 aliphatic heterocycles. The lowest BCUT2D eigenvalue weighted by Gasteiger charge is -2.03. The second kappa shape index (κ2) is 18.6. The van der Waals surface area contributed by atoms with Gasteiger partial charge in [-0.15, -0.1) is 5.11 Å². The van der Waals surface area contributed by atoms with E-state index in [9.17, 15) is 0 Å². The molecule has 160 valence electrons. The highest BCUT2D eigenvalue weighted by molar-refractivity contribution is 5.97. The first-order valence-corrected chi connectivity index (χ1v) is 10.4. The average Bonchev–Trinajstić information content (AvgIpc) is 2.73. The highest BCUT2D eigenvalue weighted by atomic mass is 15.3. The summed E-state index contributed by atoms with van der Waals surface area (Å²) < 4.78 is 0. The van der Waals surface area contributed by atoms with Gasteiger partial charge >= 0.3 is 0 Å². The number of allylic oxidation sites excluding steroid dienone is 1. The lowest BCUT2D eigenvalue weighted by molar-refractivity contribution is 1.07. The maximum absolute atomic E-state index is 7.56. The zero-order valence-corrected chi connectivity index (χ0v) is 19.6.